The first kappa shape index (κ1) is 15.3. The highest BCUT2D eigenvalue weighted by molar-refractivity contribution is 7.80. The molecule has 0 bridgehead atoms. The van der Waals surface area contributed by atoms with E-state index in [1.165, 1.54) is 0 Å². The molecule has 2 aromatic rings. The lowest BCUT2D eigenvalue weighted by Gasteiger charge is -2.23. The fraction of sp³-hybridized carbons (Fsp3) is 0.333. The van der Waals surface area contributed by atoms with Crippen LogP contribution in [0.1, 0.15) is 17.5 Å². The molecule has 5 nitrogen and oxygen atoms in total. The molecule has 1 heterocycles. The molecule has 0 aliphatic rings. The molecule has 21 heavy (non-hydrogen) atoms. The minimum absolute atomic E-state index is 0.380. The third-order valence-corrected chi connectivity index (χ3v) is 3.53. The van der Waals surface area contributed by atoms with Crippen molar-refractivity contribution in [2.24, 2.45) is 7.05 Å². The predicted molar refractivity (Wildman–Crippen MR) is 85.4 cm³/mol. The maximum Gasteiger partial charge on any atom is 0.259 e. The number of thiocarbonyl (C=S) groups is 1. The van der Waals surface area contributed by atoms with Crippen LogP contribution in [0.15, 0.2) is 36.7 Å². The van der Waals surface area contributed by atoms with E-state index in [1.54, 1.807) is 18.2 Å². The minimum atomic E-state index is -0.380. The molecule has 112 valence electrons. The van der Waals surface area contributed by atoms with Crippen molar-refractivity contribution < 1.29 is 9.47 Å². The molecule has 0 radical (unpaired) electrons. The van der Waals surface area contributed by atoms with Crippen molar-refractivity contribution in [1.82, 2.24) is 14.5 Å². The van der Waals surface area contributed by atoms with Crippen molar-refractivity contribution in [3.05, 3.63) is 48.0 Å². The molecule has 1 aromatic heterocycles. The van der Waals surface area contributed by atoms with E-state index < -0.39 is 0 Å². The first-order valence-electron chi connectivity index (χ1n) is 6.52. The van der Waals surface area contributed by atoms with Crippen LogP contribution in [0.2, 0.25) is 0 Å². The summed E-state index contributed by atoms with van der Waals surface area (Å²) in [7, 11) is 7.27. The molecule has 0 saturated carbocycles. The van der Waals surface area contributed by atoms with Gasteiger partial charge in [0, 0.05) is 39.1 Å². The van der Waals surface area contributed by atoms with E-state index in [0.29, 0.717) is 5.17 Å². The fourth-order valence-electron chi connectivity index (χ4n) is 1.91. The normalized spacial score (nSPS) is 11.8. The van der Waals surface area contributed by atoms with Crippen LogP contribution in [0.25, 0.3) is 0 Å². The molecule has 0 aliphatic carbocycles. The van der Waals surface area contributed by atoms with E-state index in [-0.39, 0.29) is 6.10 Å². The zero-order valence-electron chi connectivity index (χ0n) is 12.6. The average molecular weight is 305 g/mol. The van der Waals surface area contributed by atoms with Crippen LogP contribution >= 0.6 is 12.2 Å². The van der Waals surface area contributed by atoms with Gasteiger partial charge in [0.1, 0.15) is 5.75 Å². The van der Waals surface area contributed by atoms with Gasteiger partial charge in [0.05, 0.1) is 7.11 Å². The standard InChI is InChI=1S/C15H19N3O2S/c1-17(2)15(21)20-13(14-16-8-9-18(14)3)11-6-5-7-12(10-11)19-4/h5-10,13H,1-4H3. The summed E-state index contributed by atoms with van der Waals surface area (Å²) in [4.78, 5) is 6.13. The van der Waals surface area contributed by atoms with E-state index >= 15 is 0 Å². The summed E-state index contributed by atoms with van der Waals surface area (Å²) in [5.74, 6) is 1.55. The van der Waals surface area contributed by atoms with Gasteiger partial charge in [-0.05, 0) is 24.4 Å². The van der Waals surface area contributed by atoms with Gasteiger partial charge in [0.15, 0.2) is 11.9 Å². The number of hydrogen-bond donors (Lipinski definition) is 0. The van der Waals surface area contributed by atoms with Gasteiger partial charge in [-0.1, -0.05) is 12.1 Å². The number of rotatable bonds is 4. The molecule has 0 aliphatic heterocycles. The summed E-state index contributed by atoms with van der Waals surface area (Å²) in [6.07, 6.45) is 3.24. The fourth-order valence-corrected chi connectivity index (χ4v) is 2.01. The van der Waals surface area contributed by atoms with Crippen molar-refractivity contribution in [3.63, 3.8) is 0 Å². The van der Waals surface area contributed by atoms with Crippen molar-refractivity contribution in [2.45, 2.75) is 6.10 Å². The van der Waals surface area contributed by atoms with Crippen LogP contribution in [0.5, 0.6) is 5.75 Å². The largest absolute Gasteiger partial charge is 0.497 e. The lowest BCUT2D eigenvalue weighted by atomic mass is 10.1. The Bertz CT molecular complexity index is 625. The summed E-state index contributed by atoms with van der Waals surface area (Å²) in [6, 6.07) is 7.72. The number of hydrogen-bond acceptors (Lipinski definition) is 4. The van der Waals surface area contributed by atoms with Crippen molar-refractivity contribution in [1.29, 1.82) is 0 Å². The van der Waals surface area contributed by atoms with E-state index in [4.69, 9.17) is 21.7 Å². The van der Waals surface area contributed by atoms with Gasteiger partial charge in [-0.25, -0.2) is 4.98 Å². The zero-order chi connectivity index (χ0) is 15.4. The molecule has 0 fully saturated rings. The van der Waals surface area contributed by atoms with Crippen LogP contribution in [0.4, 0.5) is 0 Å². The van der Waals surface area contributed by atoms with Gasteiger partial charge in [-0.2, -0.15) is 0 Å². The molecular weight excluding hydrogens is 286 g/mol. The van der Waals surface area contributed by atoms with Crippen LogP contribution in [0, 0.1) is 0 Å². The van der Waals surface area contributed by atoms with Gasteiger partial charge >= 0.3 is 0 Å². The first-order valence-corrected chi connectivity index (χ1v) is 6.93. The van der Waals surface area contributed by atoms with E-state index in [9.17, 15) is 0 Å². The number of nitrogens with zero attached hydrogens (tertiary/aromatic N) is 3. The SMILES string of the molecule is COc1cccc(C(OC(=S)N(C)C)c2nccn2C)c1. The molecule has 1 aromatic carbocycles. The van der Waals surface area contributed by atoms with Crippen molar-refractivity contribution in [2.75, 3.05) is 21.2 Å². The summed E-state index contributed by atoms with van der Waals surface area (Å²) < 4.78 is 13.1. The molecule has 0 N–H and O–H groups in total. The van der Waals surface area contributed by atoms with Gasteiger partial charge in [-0.3, -0.25) is 0 Å². The predicted octanol–water partition coefficient (Wildman–Crippen LogP) is 2.38. The van der Waals surface area contributed by atoms with Crippen LogP contribution in [-0.2, 0) is 11.8 Å². The van der Waals surface area contributed by atoms with Crippen LogP contribution in [-0.4, -0.2) is 40.8 Å². The van der Waals surface area contributed by atoms with E-state index in [2.05, 4.69) is 4.98 Å². The molecule has 0 amide bonds. The van der Waals surface area contributed by atoms with Crippen LogP contribution in [0.3, 0.4) is 0 Å². The molecule has 0 spiro atoms. The Morgan fingerprint density at radius 1 is 1.38 bits per heavy atom. The third-order valence-electron chi connectivity index (χ3n) is 3.07. The Morgan fingerprint density at radius 3 is 2.71 bits per heavy atom. The third kappa shape index (κ3) is 3.52. The summed E-state index contributed by atoms with van der Waals surface area (Å²) >= 11 is 5.27. The Balaban J connectivity index is 2.40. The topological polar surface area (TPSA) is 39.5 Å². The van der Waals surface area contributed by atoms with Gasteiger partial charge < -0.3 is 18.9 Å². The summed E-state index contributed by atoms with van der Waals surface area (Å²) in [6.45, 7) is 0. The van der Waals surface area contributed by atoms with Crippen LogP contribution < -0.4 is 4.74 Å². The van der Waals surface area contributed by atoms with Gasteiger partial charge in [0.2, 0.25) is 0 Å². The highest BCUT2D eigenvalue weighted by Gasteiger charge is 2.22. The number of benzene rings is 1. The number of imidazole rings is 1. The molecule has 2 rings (SSSR count). The summed E-state index contributed by atoms with van der Waals surface area (Å²) in [5.41, 5.74) is 0.938. The van der Waals surface area contributed by atoms with E-state index in [0.717, 1.165) is 17.1 Å². The van der Waals surface area contributed by atoms with Crippen molar-refractivity contribution >= 4 is 17.4 Å². The minimum Gasteiger partial charge on any atom is -0.497 e. The molecule has 1 unspecified atom stereocenters. The smallest absolute Gasteiger partial charge is 0.259 e. The summed E-state index contributed by atoms with van der Waals surface area (Å²) in [5, 5.41) is 0.408. The lowest BCUT2D eigenvalue weighted by Crippen LogP contribution is -2.26. The van der Waals surface area contributed by atoms with Crippen molar-refractivity contribution in [3.8, 4) is 5.75 Å². The average Bonchev–Trinajstić information content (AvgIpc) is 2.90. The van der Waals surface area contributed by atoms with E-state index in [1.807, 2.05) is 56.2 Å². The second-order valence-electron chi connectivity index (χ2n) is 4.83. The number of ether oxygens (including phenoxy) is 2. The monoisotopic (exact) mass is 305 g/mol. The first-order chi connectivity index (χ1) is 10.0. The second kappa shape index (κ2) is 6.58. The molecule has 1 atom stereocenters. The highest BCUT2D eigenvalue weighted by atomic mass is 32.1. The Morgan fingerprint density at radius 2 is 2.14 bits per heavy atom. The Hall–Kier alpha value is -2.08. The maximum absolute atomic E-state index is 5.94. The van der Waals surface area contributed by atoms with Gasteiger partial charge in [0.25, 0.3) is 5.17 Å². The lowest BCUT2D eigenvalue weighted by molar-refractivity contribution is 0.194. The Kier molecular flexibility index (Phi) is 4.80. The molecule has 6 heteroatoms. The maximum atomic E-state index is 5.94. The zero-order valence-corrected chi connectivity index (χ0v) is 13.4. The quantitative estimate of drug-likeness (QED) is 0.811. The second-order valence-corrected chi connectivity index (χ2v) is 5.18. The molecular formula is C15H19N3O2S. The molecule has 0 saturated heterocycles. The Labute approximate surface area is 130 Å². The number of aryl methyl sites for hydroxylation is 1. The highest BCUT2D eigenvalue weighted by Crippen LogP contribution is 2.27. The van der Waals surface area contributed by atoms with Gasteiger partial charge in [-0.15, -0.1) is 0 Å². The number of aromatic nitrogens is 2. The number of methoxy groups -OCH3 is 1.